The molecule has 1 saturated carbocycles. The molecule has 0 spiro atoms. The van der Waals surface area contributed by atoms with Crippen LogP contribution in [0, 0.1) is 23.2 Å². The first kappa shape index (κ1) is 15.0. The zero-order valence-corrected chi connectivity index (χ0v) is 13.2. The highest BCUT2D eigenvalue weighted by Gasteiger charge is 2.53. The fourth-order valence-corrected chi connectivity index (χ4v) is 4.07. The molecule has 2 fully saturated rings. The van der Waals surface area contributed by atoms with Crippen LogP contribution in [0.25, 0.3) is 0 Å². The Labute approximate surface area is 117 Å². The van der Waals surface area contributed by atoms with Crippen LogP contribution in [0.1, 0.15) is 47.5 Å². The molecule has 1 saturated heterocycles. The minimum Gasteiger partial charge on any atom is -0.381 e. The van der Waals surface area contributed by atoms with Gasteiger partial charge in [0.05, 0.1) is 18.3 Å². The molecule has 0 radical (unpaired) electrons. The summed E-state index contributed by atoms with van der Waals surface area (Å²) in [5, 5.41) is 0. The lowest BCUT2D eigenvalue weighted by molar-refractivity contribution is -0.207. The highest BCUT2D eigenvalue weighted by molar-refractivity contribution is 5.79. The largest absolute Gasteiger partial charge is 0.381 e. The third-order valence-corrected chi connectivity index (χ3v) is 5.47. The van der Waals surface area contributed by atoms with Gasteiger partial charge >= 0.3 is 0 Å². The number of methoxy groups -OCH3 is 1. The number of Topliss-reactive ketones (excluding diaryl/α,β-unsaturated/α-hetero) is 1. The maximum absolute atomic E-state index is 11.9. The molecule has 0 bridgehead atoms. The molecule has 19 heavy (non-hydrogen) atoms. The van der Waals surface area contributed by atoms with Crippen molar-refractivity contribution in [3.63, 3.8) is 0 Å². The Kier molecular flexibility index (Phi) is 3.83. The highest BCUT2D eigenvalue weighted by Crippen LogP contribution is 2.53. The van der Waals surface area contributed by atoms with Crippen molar-refractivity contribution in [1.29, 1.82) is 0 Å². The van der Waals surface area contributed by atoms with Gasteiger partial charge in [0.25, 0.3) is 0 Å². The van der Waals surface area contributed by atoms with Crippen LogP contribution in [0.3, 0.4) is 0 Å². The van der Waals surface area contributed by atoms with Gasteiger partial charge in [-0.05, 0) is 50.9 Å². The molecule has 4 atom stereocenters. The average molecular weight is 268 g/mol. The number of carbonyl (C=O) groups is 1. The van der Waals surface area contributed by atoms with Crippen LogP contribution in [0.5, 0.6) is 0 Å². The van der Waals surface area contributed by atoms with Gasteiger partial charge in [0.1, 0.15) is 5.78 Å². The summed E-state index contributed by atoms with van der Waals surface area (Å²) in [6, 6.07) is 0. The lowest BCUT2D eigenvalue weighted by Crippen LogP contribution is -2.57. The lowest BCUT2D eigenvalue weighted by atomic mass is 9.56. The molecule has 0 aromatic rings. The molecule has 2 rings (SSSR count). The first-order valence-corrected chi connectivity index (χ1v) is 7.36. The summed E-state index contributed by atoms with van der Waals surface area (Å²) in [6.07, 6.45) is 1.95. The average Bonchev–Trinajstić information content (AvgIpc) is 2.33. The number of ketones is 1. The van der Waals surface area contributed by atoms with E-state index >= 15 is 0 Å². The van der Waals surface area contributed by atoms with Crippen molar-refractivity contribution in [1.82, 2.24) is 0 Å². The van der Waals surface area contributed by atoms with Crippen molar-refractivity contribution in [2.45, 2.75) is 59.2 Å². The van der Waals surface area contributed by atoms with Gasteiger partial charge in [-0.3, -0.25) is 4.79 Å². The van der Waals surface area contributed by atoms with Crippen LogP contribution in [0.2, 0.25) is 0 Å². The fraction of sp³-hybridized carbons (Fsp3) is 0.938. The van der Waals surface area contributed by atoms with Gasteiger partial charge in [0, 0.05) is 13.0 Å². The summed E-state index contributed by atoms with van der Waals surface area (Å²) in [5.41, 5.74) is 0.0331. The Bertz CT molecular complexity index is 359. The number of ether oxygens (including phenoxy) is 2. The highest BCUT2D eigenvalue weighted by atomic mass is 16.5. The van der Waals surface area contributed by atoms with Crippen LogP contribution in [-0.4, -0.2) is 31.2 Å². The van der Waals surface area contributed by atoms with Gasteiger partial charge in [0.2, 0.25) is 0 Å². The zero-order chi connectivity index (χ0) is 14.4. The number of hydrogen-bond donors (Lipinski definition) is 0. The van der Waals surface area contributed by atoms with Crippen LogP contribution in [0.15, 0.2) is 0 Å². The molecule has 0 aromatic heterocycles. The summed E-state index contributed by atoms with van der Waals surface area (Å²) in [5.74, 6) is 1.29. The second-order valence-corrected chi connectivity index (χ2v) is 7.56. The summed E-state index contributed by atoms with van der Waals surface area (Å²) in [6.45, 7) is 11.4. The predicted octanol–water partition coefficient (Wildman–Crippen LogP) is 3.07. The van der Waals surface area contributed by atoms with Gasteiger partial charge in [-0.2, -0.15) is 0 Å². The third-order valence-electron chi connectivity index (χ3n) is 5.47. The van der Waals surface area contributed by atoms with Crippen molar-refractivity contribution in [2.75, 3.05) is 13.7 Å². The first-order chi connectivity index (χ1) is 8.69. The number of hydrogen-bond acceptors (Lipinski definition) is 3. The number of carbonyl (C=O) groups excluding carboxylic acids is 1. The van der Waals surface area contributed by atoms with Gasteiger partial charge < -0.3 is 9.47 Å². The van der Waals surface area contributed by atoms with Crippen molar-refractivity contribution >= 4 is 5.78 Å². The van der Waals surface area contributed by atoms with E-state index < -0.39 is 0 Å². The quantitative estimate of drug-likeness (QED) is 0.772. The predicted molar refractivity (Wildman–Crippen MR) is 75.0 cm³/mol. The topological polar surface area (TPSA) is 35.5 Å². The molecule has 2 aliphatic rings. The van der Waals surface area contributed by atoms with Crippen LogP contribution >= 0.6 is 0 Å². The second kappa shape index (κ2) is 4.85. The molecule has 1 aliphatic carbocycles. The Hall–Kier alpha value is -0.410. The molecule has 1 heterocycles. The van der Waals surface area contributed by atoms with E-state index in [1.807, 2.05) is 0 Å². The third kappa shape index (κ3) is 2.59. The summed E-state index contributed by atoms with van der Waals surface area (Å²) >= 11 is 0. The van der Waals surface area contributed by atoms with Gasteiger partial charge in [-0.1, -0.05) is 13.8 Å². The van der Waals surface area contributed by atoms with E-state index in [2.05, 4.69) is 27.7 Å². The SMILES string of the molecule is COC1CC2C(CC1C(C)=O)C(C)(C)OCC2(C)C. The van der Waals surface area contributed by atoms with Crippen molar-refractivity contribution in [3.05, 3.63) is 0 Å². The Morgan fingerprint density at radius 3 is 2.32 bits per heavy atom. The molecule has 1 aliphatic heterocycles. The van der Waals surface area contributed by atoms with Crippen molar-refractivity contribution < 1.29 is 14.3 Å². The zero-order valence-electron chi connectivity index (χ0n) is 13.2. The normalized spacial score (nSPS) is 40.5. The molecule has 4 unspecified atom stereocenters. The van der Waals surface area contributed by atoms with E-state index in [1.165, 1.54) is 0 Å². The number of fused-ring (bicyclic) bond motifs is 1. The van der Waals surface area contributed by atoms with Crippen LogP contribution < -0.4 is 0 Å². The van der Waals surface area contributed by atoms with Crippen LogP contribution in [0.4, 0.5) is 0 Å². The lowest BCUT2D eigenvalue weighted by Gasteiger charge is -2.56. The Morgan fingerprint density at radius 1 is 1.16 bits per heavy atom. The first-order valence-electron chi connectivity index (χ1n) is 7.36. The minimum atomic E-state index is -0.132. The monoisotopic (exact) mass is 268 g/mol. The van der Waals surface area contributed by atoms with E-state index in [0.29, 0.717) is 11.8 Å². The molecule has 110 valence electrons. The van der Waals surface area contributed by atoms with E-state index in [9.17, 15) is 4.79 Å². The maximum atomic E-state index is 11.9. The Morgan fingerprint density at radius 2 is 1.79 bits per heavy atom. The van der Waals surface area contributed by atoms with Gasteiger partial charge in [0.15, 0.2) is 0 Å². The molecule has 3 nitrogen and oxygen atoms in total. The second-order valence-electron chi connectivity index (χ2n) is 7.56. The molecule has 0 aromatic carbocycles. The molecule has 3 heteroatoms. The summed E-state index contributed by atoms with van der Waals surface area (Å²) < 4.78 is 11.7. The van der Waals surface area contributed by atoms with E-state index in [0.717, 1.165) is 19.4 Å². The summed E-state index contributed by atoms with van der Waals surface area (Å²) in [4.78, 5) is 11.9. The van der Waals surface area contributed by atoms with E-state index in [-0.39, 0.29) is 28.8 Å². The van der Waals surface area contributed by atoms with E-state index in [1.54, 1.807) is 14.0 Å². The minimum absolute atomic E-state index is 0.0306. The smallest absolute Gasteiger partial charge is 0.135 e. The fourth-order valence-electron chi connectivity index (χ4n) is 4.07. The van der Waals surface area contributed by atoms with Gasteiger partial charge in [-0.25, -0.2) is 0 Å². The van der Waals surface area contributed by atoms with Crippen molar-refractivity contribution in [3.8, 4) is 0 Å². The molecule has 0 N–H and O–H groups in total. The molecular formula is C16H28O3. The summed E-state index contributed by atoms with van der Waals surface area (Å²) in [7, 11) is 1.73. The maximum Gasteiger partial charge on any atom is 0.135 e. The van der Waals surface area contributed by atoms with Crippen LogP contribution in [-0.2, 0) is 14.3 Å². The Balaban J connectivity index is 2.30. The van der Waals surface area contributed by atoms with Gasteiger partial charge in [-0.15, -0.1) is 0 Å². The van der Waals surface area contributed by atoms with E-state index in [4.69, 9.17) is 9.47 Å². The molecular weight excluding hydrogens is 240 g/mol. The van der Waals surface area contributed by atoms with Crippen molar-refractivity contribution in [2.24, 2.45) is 23.2 Å². The standard InChI is InChI=1S/C16H28O3/c1-10(17)11-7-13-12(8-14(11)18-6)15(2,3)9-19-16(13,4)5/h11-14H,7-9H2,1-6H3. The molecule has 0 amide bonds. The number of rotatable bonds is 2.